The molecule has 1 fully saturated rings. The van der Waals surface area contributed by atoms with Gasteiger partial charge in [0.05, 0.1) is 20.3 Å². The van der Waals surface area contributed by atoms with E-state index in [2.05, 4.69) is 27.5 Å². The van der Waals surface area contributed by atoms with Crippen LogP contribution in [0.4, 0.5) is 4.79 Å². The first-order valence-electron chi connectivity index (χ1n) is 9.61. The molecule has 0 spiro atoms. The molecule has 1 aromatic heterocycles. The number of guanidine groups is 1. The number of nitrogens with zero attached hydrogens (tertiary/aromatic N) is 3. The number of piperidine rings is 1. The van der Waals surface area contributed by atoms with Crippen molar-refractivity contribution in [2.45, 2.75) is 45.7 Å². The second kappa shape index (κ2) is 11.3. The van der Waals surface area contributed by atoms with Gasteiger partial charge in [0.2, 0.25) is 5.88 Å². The standard InChI is InChI=1S/C19H31N5O3/c1-4-12-27-17-7-6-15(13-21-17)14-22-18(20-5-2)23-16-8-10-24(11-9-16)19(25)26-3/h6-7,13,16H,4-5,8-12,14H2,1-3H3,(H2,20,22,23). The monoisotopic (exact) mass is 377 g/mol. The van der Waals surface area contributed by atoms with E-state index < -0.39 is 0 Å². The number of rotatable bonds is 7. The molecule has 0 radical (unpaired) electrons. The van der Waals surface area contributed by atoms with Crippen molar-refractivity contribution in [3.8, 4) is 5.88 Å². The number of hydrogen-bond donors (Lipinski definition) is 2. The van der Waals surface area contributed by atoms with Gasteiger partial charge < -0.3 is 25.0 Å². The Bertz CT molecular complexity index is 598. The number of aliphatic imine (C=N–C) groups is 1. The Kier molecular flexibility index (Phi) is 8.67. The average Bonchev–Trinajstić information content (AvgIpc) is 2.71. The quantitative estimate of drug-likeness (QED) is 0.559. The lowest BCUT2D eigenvalue weighted by atomic mass is 10.1. The van der Waals surface area contributed by atoms with Crippen molar-refractivity contribution in [2.75, 3.05) is 33.4 Å². The Morgan fingerprint density at radius 2 is 2.11 bits per heavy atom. The van der Waals surface area contributed by atoms with Crippen LogP contribution in [0.2, 0.25) is 0 Å². The second-order valence-electron chi connectivity index (χ2n) is 6.42. The van der Waals surface area contributed by atoms with Gasteiger partial charge in [0.1, 0.15) is 0 Å². The summed E-state index contributed by atoms with van der Waals surface area (Å²) in [5, 5.41) is 6.73. The third-order valence-corrected chi connectivity index (χ3v) is 4.28. The number of carbonyl (C=O) groups excluding carboxylic acids is 1. The molecule has 1 saturated heterocycles. The summed E-state index contributed by atoms with van der Waals surface area (Å²) < 4.78 is 10.3. The smallest absolute Gasteiger partial charge is 0.409 e. The number of carbonyl (C=O) groups is 1. The maximum atomic E-state index is 11.6. The van der Waals surface area contributed by atoms with E-state index >= 15 is 0 Å². The minimum atomic E-state index is -0.257. The topological polar surface area (TPSA) is 88.1 Å². The summed E-state index contributed by atoms with van der Waals surface area (Å²) in [6, 6.07) is 4.15. The fourth-order valence-electron chi connectivity index (χ4n) is 2.82. The van der Waals surface area contributed by atoms with Crippen molar-refractivity contribution in [3.05, 3.63) is 23.9 Å². The Morgan fingerprint density at radius 1 is 1.33 bits per heavy atom. The van der Waals surface area contributed by atoms with E-state index in [9.17, 15) is 4.79 Å². The molecule has 8 nitrogen and oxygen atoms in total. The van der Waals surface area contributed by atoms with Crippen LogP contribution in [0, 0.1) is 0 Å². The summed E-state index contributed by atoms with van der Waals surface area (Å²) in [5.74, 6) is 1.42. The van der Waals surface area contributed by atoms with Crippen LogP contribution in [0.15, 0.2) is 23.3 Å². The van der Waals surface area contributed by atoms with Crippen LogP contribution in [-0.2, 0) is 11.3 Å². The number of likely N-dealkylation sites (tertiary alicyclic amines) is 1. The highest BCUT2D eigenvalue weighted by atomic mass is 16.5. The van der Waals surface area contributed by atoms with Crippen molar-refractivity contribution in [1.29, 1.82) is 0 Å². The lowest BCUT2D eigenvalue weighted by Crippen LogP contribution is -2.49. The van der Waals surface area contributed by atoms with E-state index in [1.807, 2.05) is 19.1 Å². The molecule has 2 rings (SSSR count). The minimum Gasteiger partial charge on any atom is -0.478 e. The van der Waals surface area contributed by atoms with Gasteiger partial charge in [-0.05, 0) is 31.7 Å². The highest BCUT2D eigenvalue weighted by Crippen LogP contribution is 2.12. The number of ether oxygens (including phenoxy) is 2. The highest BCUT2D eigenvalue weighted by molar-refractivity contribution is 5.80. The first-order chi connectivity index (χ1) is 13.2. The predicted molar refractivity (Wildman–Crippen MR) is 105 cm³/mol. The third kappa shape index (κ3) is 6.96. The number of hydrogen-bond acceptors (Lipinski definition) is 5. The van der Waals surface area contributed by atoms with Crippen LogP contribution in [0.5, 0.6) is 5.88 Å². The number of nitrogens with one attached hydrogen (secondary N) is 2. The van der Waals surface area contributed by atoms with E-state index in [4.69, 9.17) is 9.47 Å². The van der Waals surface area contributed by atoms with Gasteiger partial charge in [-0.1, -0.05) is 13.0 Å². The molecule has 27 heavy (non-hydrogen) atoms. The summed E-state index contributed by atoms with van der Waals surface area (Å²) >= 11 is 0. The summed E-state index contributed by atoms with van der Waals surface area (Å²) in [5.41, 5.74) is 1.02. The predicted octanol–water partition coefficient (Wildman–Crippen LogP) is 2.16. The molecule has 1 amide bonds. The van der Waals surface area contributed by atoms with Crippen LogP contribution in [-0.4, -0.2) is 61.3 Å². The molecule has 0 atom stereocenters. The van der Waals surface area contributed by atoms with Crippen LogP contribution >= 0.6 is 0 Å². The van der Waals surface area contributed by atoms with Crippen molar-refractivity contribution in [2.24, 2.45) is 4.99 Å². The maximum absolute atomic E-state index is 11.6. The Labute approximate surface area is 161 Å². The molecule has 0 aromatic carbocycles. The normalized spacial score (nSPS) is 15.4. The van der Waals surface area contributed by atoms with Crippen LogP contribution in [0.25, 0.3) is 0 Å². The van der Waals surface area contributed by atoms with Crippen molar-refractivity contribution >= 4 is 12.1 Å². The SMILES string of the molecule is CCCOc1ccc(CN=C(NCC)NC2CCN(C(=O)OC)CC2)cn1. The molecule has 1 aromatic rings. The third-order valence-electron chi connectivity index (χ3n) is 4.28. The van der Waals surface area contributed by atoms with E-state index in [0.717, 1.165) is 37.3 Å². The van der Waals surface area contributed by atoms with Gasteiger partial charge in [0, 0.05) is 37.9 Å². The highest BCUT2D eigenvalue weighted by Gasteiger charge is 2.23. The van der Waals surface area contributed by atoms with E-state index in [0.29, 0.717) is 32.1 Å². The van der Waals surface area contributed by atoms with Gasteiger partial charge in [-0.25, -0.2) is 14.8 Å². The molecular formula is C19H31N5O3. The molecule has 2 heterocycles. The molecule has 0 aliphatic carbocycles. The molecule has 2 N–H and O–H groups in total. The van der Waals surface area contributed by atoms with Crippen LogP contribution in [0.1, 0.15) is 38.7 Å². The van der Waals surface area contributed by atoms with Crippen molar-refractivity contribution < 1.29 is 14.3 Å². The van der Waals surface area contributed by atoms with E-state index in [-0.39, 0.29) is 12.1 Å². The Hall–Kier alpha value is -2.51. The fraction of sp³-hybridized carbons (Fsp3) is 0.632. The first-order valence-corrected chi connectivity index (χ1v) is 9.61. The lowest BCUT2D eigenvalue weighted by Gasteiger charge is -2.32. The van der Waals surface area contributed by atoms with E-state index in [1.54, 1.807) is 11.1 Å². The molecule has 0 unspecified atom stereocenters. The van der Waals surface area contributed by atoms with Gasteiger partial charge in [0.15, 0.2) is 5.96 Å². The fourth-order valence-corrected chi connectivity index (χ4v) is 2.82. The zero-order chi connectivity index (χ0) is 19.5. The first kappa shape index (κ1) is 20.8. The molecular weight excluding hydrogens is 346 g/mol. The molecule has 1 aliphatic heterocycles. The average molecular weight is 377 g/mol. The number of pyridine rings is 1. The van der Waals surface area contributed by atoms with Crippen molar-refractivity contribution in [1.82, 2.24) is 20.5 Å². The number of amides is 1. The summed E-state index contributed by atoms with van der Waals surface area (Å²) in [6.07, 6.45) is 4.24. The summed E-state index contributed by atoms with van der Waals surface area (Å²) in [6.45, 7) is 7.48. The maximum Gasteiger partial charge on any atom is 0.409 e. The van der Waals surface area contributed by atoms with Crippen LogP contribution < -0.4 is 15.4 Å². The zero-order valence-electron chi connectivity index (χ0n) is 16.5. The molecule has 0 saturated carbocycles. The summed E-state index contributed by atoms with van der Waals surface area (Å²) in [7, 11) is 1.42. The Morgan fingerprint density at radius 3 is 2.70 bits per heavy atom. The second-order valence-corrected chi connectivity index (χ2v) is 6.42. The number of methoxy groups -OCH3 is 1. The Balaban J connectivity index is 1.86. The minimum absolute atomic E-state index is 0.257. The van der Waals surface area contributed by atoms with Gasteiger partial charge in [-0.2, -0.15) is 0 Å². The summed E-state index contributed by atoms with van der Waals surface area (Å²) in [4.78, 5) is 22.3. The van der Waals surface area contributed by atoms with E-state index in [1.165, 1.54) is 7.11 Å². The lowest BCUT2D eigenvalue weighted by molar-refractivity contribution is 0.111. The number of aromatic nitrogens is 1. The van der Waals surface area contributed by atoms with Gasteiger partial charge in [-0.15, -0.1) is 0 Å². The van der Waals surface area contributed by atoms with Gasteiger partial charge in [0.25, 0.3) is 0 Å². The molecule has 8 heteroatoms. The molecule has 0 bridgehead atoms. The van der Waals surface area contributed by atoms with Crippen LogP contribution in [0.3, 0.4) is 0 Å². The zero-order valence-corrected chi connectivity index (χ0v) is 16.5. The van der Waals surface area contributed by atoms with Crippen molar-refractivity contribution in [3.63, 3.8) is 0 Å². The molecule has 150 valence electrons. The van der Waals surface area contributed by atoms with Gasteiger partial charge >= 0.3 is 6.09 Å². The molecule has 1 aliphatic rings. The van der Waals surface area contributed by atoms with Gasteiger partial charge in [-0.3, -0.25) is 0 Å². The largest absolute Gasteiger partial charge is 0.478 e.